The van der Waals surface area contributed by atoms with Crippen LogP contribution in [0.5, 0.6) is 0 Å². The van der Waals surface area contributed by atoms with Gasteiger partial charge in [-0.15, -0.1) is 0 Å². The third-order valence-electron chi connectivity index (χ3n) is 3.15. The van der Waals surface area contributed by atoms with Crippen molar-refractivity contribution in [2.45, 2.75) is 20.8 Å². The lowest BCUT2D eigenvalue weighted by atomic mass is 10.1. The van der Waals surface area contributed by atoms with Gasteiger partial charge in [0.25, 0.3) is 0 Å². The summed E-state index contributed by atoms with van der Waals surface area (Å²) in [5.74, 6) is -0.371. The lowest BCUT2D eigenvalue weighted by molar-refractivity contribution is 0.0527. The van der Waals surface area contributed by atoms with Crippen molar-refractivity contribution in [3.8, 4) is 0 Å². The van der Waals surface area contributed by atoms with Crippen molar-refractivity contribution >= 4 is 34.7 Å². The first-order valence-electron chi connectivity index (χ1n) is 7.42. The maximum Gasteiger partial charge on any atom is 0.340 e. The summed E-state index contributed by atoms with van der Waals surface area (Å²) in [6.45, 7) is 6.17. The van der Waals surface area contributed by atoms with Crippen LogP contribution in [0.4, 0.5) is 11.4 Å². The van der Waals surface area contributed by atoms with Crippen LogP contribution in [0.3, 0.4) is 0 Å². The molecule has 0 spiro atoms. The molecule has 0 aliphatic carbocycles. The van der Waals surface area contributed by atoms with E-state index in [-0.39, 0.29) is 5.97 Å². The fourth-order valence-electron chi connectivity index (χ4n) is 2.31. The first kappa shape index (κ1) is 17.0. The molecule has 4 nitrogen and oxygen atoms in total. The Balaban J connectivity index is 2.13. The minimum atomic E-state index is -0.371. The molecule has 0 radical (unpaired) electrons. The largest absolute Gasteiger partial charge is 0.462 e. The highest BCUT2D eigenvalue weighted by molar-refractivity contribution is 7.80. The number of aryl methyl sites for hydroxylation is 2. The maximum atomic E-state index is 12.0. The van der Waals surface area contributed by atoms with Crippen molar-refractivity contribution in [2.75, 3.05) is 17.2 Å². The van der Waals surface area contributed by atoms with Crippen molar-refractivity contribution in [2.24, 2.45) is 0 Å². The van der Waals surface area contributed by atoms with E-state index in [1.54, 1.807) is 25.1 Å². The normalized spacial score (nSPS) is 10.0. The Morgan fingerprint density at radius 3 is 2.39 bits per heavy atom. The Morgan fingerprint density at radius 1 is 1.09 bits per heavy atom. The summed E-state index contributed by atoms with van der Waals surface area (Å²) in [6.07, 6.45) is 0. The van der Waals surface area contributed by atoms with Gasteiger partial charge in [-0.2, -0.15) is 0 Å². The van der Waals surface area contributed by atoms with E-state index in [4.69, 9.17) is 17.0 Å². The van der Waals surface area contributed by atoms with E-state index >= 15 is 0 Å². The molecule has 0 atom stereocenters. The van der Waals surface area contributed by atoms with Crippen molar-refractivity contribution in [1.82, 2.24) is 0 Å². The Morgan fingerprint density at radius 2 is 1.74 bits per heavy atom. The number of carbonyl (C=O) groups excluding carboxylic acids is 1. The van der Waals surface area contributed by atoms with Gasteiger partial charge in [0.05, 0.1) is 17.9 Å². The van der Waals surface area contributed by atoms with Gasteiger partial charge >= 0.3 is 5.97 Å². The molecule has 0 aromatic heterocycles. The van der Waals surface area contributed by atoms with Crippen LogP contribution < -0.4 is 10.6 Å². The summed E-state index contributed by atoms with van der Waals surface area (Å²) >= 11 is 5.34. The van der Waals surface area contributed by atoms with E-state index in [2.05, 4.69) is 16.7 Å². The number of benzene rings is 2. The summed E-state index contributed by atoms with van der Waals surface area (Å²) in [6, 6.07) is 13.2. The van der Waals surface area contributed by atoms with Gasteiger partial charge in [-0.05, 0) is 68.4 Å². The van der Waals surface area contributed by atoms with Gasteiger partial charge in [0.15, 0.2) is 5.11 Å². The van der Waals surface area contributed by atoms with E-state index in [1.807, 2.05) is 32.0 Å². The minimum Gasteiger partial charge on any atom is -0.462 e. The molecule has 2 aromatic carbocycles. The fraction of sp³-hybridized carbons (Fsp3) is 0.222. The van der Waals surface area contributed by atoms with Crippen LogP contribution in [0.1, 0.15) is 28.4 Å². The molecule has 2 N–H and O–H groups in total. The van der Waals surface area contributed by atoms with Crippen LogP contribution in [0, 0.1) is 13.8 Å². The van der Waals surface area contributed by atoms with Crippen LogP contribution >= 0.6 is 12.2 Å². The highest BCUT2D eigenvalue weighted by Crippen LogP contribution is 2.18. The number of hydrogen-bond donors (Lipinski definition) is 2. The predicted octanol–water partition coefficient (Wildman–Crippen LogP) is 4.29. The standard InChI is InChI=1S/C18H20N2O2S/c1-4-22-17(21)15-7-5-6-8-16(15)20-18(23)19-14-10-12(2)9-13(3)11-14/h5-11H,4H2,1-3H3,(H2,19,20,23). The molecule has 0 amide bonds. The van der Waals surface area contributed by atoms with Crippen LogP contribution in [-0.2, 0) is 4.74 Å². The molecule has 0 fully saturated rings. The average Bonchev–Trinajstić information content (AvgIpc) is 2.46. The minimum absolute atomic E-state index is 0.332. The highest BCUT2D eigenvalue weighted by atomic mass is 32.1. The lowest BCUT2D eigenvalue weighted by Crippen LogP contribution is -2.21. The lowest BCUT2D eigenvalue weighted by Gasteiger charge is -2.14. The molecular formula is C18H20N2O2S. The molecule has 0 saturated heterocycles. The second-order valence-electron chi connectivity index (χ2n) is 5.22. The van der Waals surface area contributed by atoms with Gasteiger partial charge in [-0.1, -0.05) is 18.2 Å². The van der Waals surface area contributed by atoms with E-state index in [1.165, 1.54) is 0 Å². The zero-order valence-corrected chi connectivity index (χ0v) is 14.3. The second-order valence-corrected chi connectivity index (χ2v) is 5.63. The average molecular weight is 328 g/mol. The smallest absolute Gasteiger partial charge is 0.340 e. The maximum absolute atomic E-state index is 12.0. The number of esters is 1. The summed E-state index contributed by atoms with van der Waals surface area (Å²) in [4.78, 5) is 12.0. The molecular weight excluding hydrogens is 308 g/mol. The third-order valence-corrected chi connectivity index (χ3v) is 3.35. The SMILES string of the molecule is CCOC(=O)c1ccccc1NC(=S)Nc1cc(C)cc(C)c1. The summed E-state index contributed by atoms with van der Waals surface area (Å²) in [5.41, 5.74) is 4.30. The Kier molecular flexibility index (Phi) is 5.71. The summed E-state index contributed by atoms with van der Waals surface area (Å²) in [5, 5.41) is 6.62. The zero-order valence-electron chi connectivity index (χ0n) is 13.5. The van der Waals surface area contributed by atoms with Gasteiger partial charge in [0, 0.05) is 5.69 Å². The molecule has 0 unspecified atom stereocenters. The van der Waals surface area contributed by atoms with E-state index in [0.717, 1.165) is 16.8 Å². The van der Waals surface area contributed by atoms with Gasteiger partial charge in [-0.3, -0.25) is 0 Å². The van der Waals surface area contributed by atoms with E-state index < -0.39 is 0 Å². The van der Waals surface area contributed by atoms with Crippen LogP contribution in [0.25, 0.3) is 0 Å². The monoisotopic (exact) mass is 328 g/mol. The number of anilines is 2. The van der Waals surface area contributed by atoms with Crippen molar-refractivity contribution in [3.63, 3.8) is 0 Å². The molecule has 0 aliphatic rings. The molecule has 5 heteroatoms. The second kappa shape index (κ2) is 7.74. The zero-order chi connectivity index (χ0) is 16.8. The van der Waals surface area contributed by atoms with Gasteiger partial charge < -0.3 is 15.4 Å². The first-order chi connectivity index (χ1) is 11.0. The van der Waals surface area contributed by atoms with Crippen LogP contribution in [-0.4, -0.2) is 17.7 Å². The molecule has 23 heavy (non-hydrogen) atoms. The van der Waals surface area contributed by atoms with Crippen molar-refractivity contribution in [3.05, 3.63) is 59.2 Å². The molecule has 2 aromatic rings. The highest BCUT2D eigenvalue weighted by Gasteiger charge is 2.12. The molecule has 0 saturated carbocycles. The quantitative estimate of drug-likeness (QED) is 0.648. The van der Waals surface area contributed by atoms with Crippen molar-refractivity contribution in [1.29, 1.82) is 0 Å². The Hall–Kier alpha value is -2.40. The molecule has 0 bridgehead atoms. The molecule has 120 valence electrons. The van der Waals surface area contributed by atoms with E-state index in [0.29, 0.717) is 23.0 Å². The predicted molar refractivity (Wildman–Crippen MR) is 98.2 cm³/mol. The van der Waals surface area contributed by atoms with Gasteiger partial charge in [0.2, 0.25) is 0 Å². The van der Waals surface area contributed by atoms with Crippen molar-refractivity contribution < 1.29 is 9.53 Å². The Labute approximate surface area is 141 Å². The Bertz CT molecular complexity index is 708. The van der Waals surface area contributed by atoms with Crippen LogP contribution in [0.15, 0.2) is 42.5 Å². The third kappa shape index (κ3) is 4.79. The number of thiocarbonyl (C=S) groups is 1. The molecule has 0 aliphatic heterocycles. The summed E-state index contributed by atoms with van der Waals surface area (Å²) < 4.78 is 5.06. The van der Waals surface area contributed by atoms with Gasteiger partial charge in [-0.25, -0.2) is 4.79 Å². The number of hydrogen-bond acceptors (Lipinski definition) is 3. The number of ether oxygens (including phenoxy) is 1. The van der Waals surface area contributed by atoms with E-state index in [9.17, 15) is 4.79 Å². The number of nitrogens with one attached hydrogen (secondary N) is 2. The first-order valence-corrected chi connectivity index (χ1v) is 7.83. The fourth-order valence-corrected chi connectivity index (χ4v) is 2.54. The summed E-state index contributed by atoms with van der Waals surface area (Å²) in [7, 11) is 0. The van der Waals surface area contributed by atoms with Crippen LogP contribution in [0.2, 0.25) is 0 Å². The number of rotatable bonds is 4. The molecule has 2 rings (SSSR count). The topological polar surface area (TPSA) is 50.4 Å². The number of para-hydroxylation sites is 1. The number of carbonyl (C=O) groups is 1. The van der Waals surface area contributed by atoms with Gasteiger partial charge in [0.1, 0.15) is 0 Å². The molecule has 0 heterocycles.